The van der Waals surface area contributed by atoms with Crippen molar-refractivity contribution in [3.63, 3.8) is 0 Å². The van der Waals surface area contributed by atoms with E-state index in [9.17, 15) is 0 Å². The number of rotatable bonds is 60. The molecule has 0 spiro atoms. The molecule has 0 unspecified atom stereocenters. The topological polar surface area (TPSA) is 105 Å². The van der Waals surface area contributed by atoms with Crippen LogP contribution in [0.5, 0.6) is 0 Å². The molecule has 528 valence electrons. The van der Waals surface area contributed by atoms with Gasteiger partial charge in [0.15, 0.2) is 0 Å². The summed E-state index contributed by atoms with van der Waals surface area (Å²) >= 11 is -6.84. The third kappa shape index (κ3) is 38.7. The third-order valence-corrected chi connectivity index (χ3v) is 24.0. The van der Waals surface area contributed by atoms with Crippen LogP contribution >= 0.6 is 0 Å². The summed E-state index contributed by atoms with van der Waals surface area (Å²) in [7, 11) is 0. The standard InChI is InChI=1S/4C20H40O2.Sn/c4*1-6-7-8-9-10-11-12-13-14-20(19(21)22,15-17(2)3)16-18(4)5;/h4*17-18H,6-16H2,1-5H3,(H,21,22);/q;;;;+4/p-4. The predicted octanol–water partition coefficient (Wildman–Crippen LogP) is 26.0. The first-order valence-electron chi connectivity index (χ1n) is 39.0. The summed E-state index contributed by atoms with van der Waals surface area (Å²) in [5.74, 6) is -1.09. The number of carbonyl (C=O) groups excluding carboxylic acids is 4. The van der Waals surface area contributed by atoms with Crippen molar-refractivity contribution in [2.24, 2.45) is 69.0 Å². The van der Waals surface area contributed by atoms with Crippen LogP contribution in [0.15, 0.2) is 0 Å². The molecule has 0 aliphatic rings. The van der Waals surface area contributed by atoms with Gasteiger partial charge in [0, 0.05) is 0 Å². The molecule has 0 rings (SSSR count). The summed E-state index contributed by atoms with van der Waals surface area (Å²) in [4.78, 5) is 66.5. The van der Waals surface area contributed by atoms with Crippen LogP contribution in [0.3, 0.4) is 0 Å². The Morgan fingerprint density at radius 3 is 0.472 bits per heavy atom. The molecule has 0 aromatic heterocycles. The van der Waals surface area contributed by atoms with Gasteiger partial charge in [0.25, 0.3) is 0 Å². The van der Waals surface area contributed by atoms with Gasteiger partial charge in [0.1, 0.15) is 0 Å². The van der Waals surface area contributed by atoms with Crippen molar-refractivity contribution in [3.05, 3.63) is 0 Å². The maximum absolute atomic E-state index is 16.6. The van der Waals surface area contributed by atoms with E-state index in [1.807, 2.05) is 0 Å². The fraction of sp³-hybridized carbons (Fsp3) is 0.950. The first-order valence-corrected chi connectivity index (χ1v) is 43.7. The van der Waals surface area contributed by atoms with Gasteiger partial charge in [-0.25, -0.2) is 0 Å². The van der Waals surface area contributed by atoms with Gasteiger partial charge in [0.05, 0.1) is 0 Å². The normalized spacial score (nSPS) is 13.0. The van der Waals surface area contributed by atoms with Gasteiger partial charge in [-0.1, -0.05) is 27.7 Å². The fourth-order valence-electron chi connectivity index (χ4n) is 15.9. The van der Waals surface area contributed by atoms with E-state index in [4.69, 9.17) is 12.3 Å². The van der Waals surface area contributed by atoms with Crippen molar-refractivity contribution in [2.45, 2.75) is 421 Å². The summed E-state index contributed by atoms with van der Waals surface area (Å²) in [6, 6.07) is 0. The second kappa shape index (κ2) is 50.1. The maximum atomic E-state index is 16.6. The molecule has 0 aromatic carbocycles. The van der Waals surface area contributed by atoms with Gasteiger partial charge in [-0.15, -0.1) is 0 Å². The molecule has 0 heterocycles. The van der Waals surface area contributed by atoms with Gasteiger partial charge in [-0.2, -0.15) is 0 Å². The van der Waals surface area contributed by atoms with Crippen LogP contribution in [-0.4, -0.2) is 43.9 Å². The molecule has 0 bridgehead atoms. The quantitative estimate of drug-likeness (QED) is 0.0438. The minimum absolute atomic E-state index is 0.122. The summed E-state index contributed by atoms with van der Waals surface area (Å²) in [5.41, 5.74) is -4.02. The van der Waals surface area contributed by atoms with E-state index in [1.165, 1.54) is 128 Å². The average molecular weight is 1360 g/mol. The molecule has 0 N–H and O–H groups in total. The molecule has 0 atom stereocenters. The van der Waals surface area contributed by atoms with Crippen LogP contribution in [0, 0.1) is 69.0 Å². The molecule has 0 amide bonds. The summed E-state index contributed by atoms with van der Waals surface area (Å²) in [6.45, 7) is 43.9. The number of hydrogen-bond donors (Lipinski definition) is 0. The molecule has 0 saturated heterocycles. The predicted molar refractivity (Wildman–Crippen MR) is 384 cm³/mol. The molecule has 0 aliphatic carbocycles. The van der Waals surface area contributed by atoms with E-state index in [-0.39, 0.29) is 47.3 Å². The first kappa shape index (κ1) is 87.7. The SMILES string of the molecule is CCCCCCCCCCC(CC(C)C)(CC(C)C)C(=O)[O][Sn]([O]C(=O)C(CCCCCCCCCC)(CC(C)C)CC(C)C)([O]C(=O)C(CCCCCCCCCC)(CC(C)C)CC(C)C)[O]C(=O)C(CCCCCCCCCC)(CC(C)C)CC(C)C. The van der Waals surface area contributed by atoms with E-state index in [0.717, 1.165) is 77.0 Å². The van der Waals surface area contributed by atoms with Crippen LogP contribution in [0.1, 0.15) is 421 Å². The molecule has 0 saturated carbocycles. The van der Waals surface area contributed by atoms with Crippen LogP contribution in [0.25, 0.3) is 0 Å². The molecular formula is C80H156O8Sn. The number of hydrogen-bond acceptors (Lipinski definition) is 8. The van der Waals surface area contributed by atoms with E-state index in [2.05, 4.69) is 138 Å². The molecular weight excluding hydrogens is 1210 g/mol. The van der Waals surface area contributed by atoms with Crippen LogP contribution in [0.2, 0.25) is 0 Å². The molecule has 0 radical (unpaired) electrons. The van der Waals surface area contributed by atoms with Gasteiger partial charge >= 0.3 is 538 Å². The van der Waals surface area contributed by atoms with Crippen molar-refractivity contribution < 1.29 is 31.5 Å². The minimum atomic E-state index is -6.84. The summed E-state index contributed by atoms with van der Waals surface area (Å²) in [5, 5.41) is 0. The molecule has 0 aliphatic heterocycles. The van der Waals surface area contributed by atoms with Gasteiger partial charge in [0.2, 0.25) is 0 Å². The van der Waals surface area contributed by atoms with Crippen LogP contribution in [0.4, 0.5) is 0 Å². The molecule has 0 aromatic rings. The van der Waals surface area contributed by atoms with Gasteiger partial charge < -0.3 is 0 Å². The Morgan fingerprint density at radius 1 is 0.225 bits per heavy atom. The Bertz CT molecular complexity index is 1470. The number of carbonyl (C=O) groups is 4. The van der Waals surface area contributed by atoms with Gasteiger partial charge in [-0.05, 0) is 0 Å². The zero-order valence-corrected chi connectivity index (χ0v) is 66.4. The first-order chi connectivity index (χ1) is 42.1. The van der Waals surface area contributed by atoms with Crippen molar-refractivity contribution in [3.8, 4) is 0 Å². The Labute approximate surface area is 561 Å². The number of unbranched alkanes of at least 4 members (excludes halogenated alkanes) is 28. The van der Waals surface area contributed by atoms with Crippen molar-refractivity contribution in [1.82, 2.24) is 0 Å². The Morgan fingerprint density at radius 2 is 0.348 bits per heavy atom. The van der Waals surface area contributed by atoms with Crippen LogP contribution in [-0.2, 0) is 31.5 Å². The zero-order valence-electron chi connectivity index (χ0n) is 63.5. The summed E-state index contributed by atoms with van der Waals surface area (Å²) in [6.07, 6.45) is 42.8. The molecule has 89 heavy (non-hydrogen) atoms. The second-order valence-corrected chi connectivity index (χ2v) is 38.0. The molecule has 9 heteroatoms. The second-order valence-electron chi connectivity index (χ2n) is 32.9. The summed E-state index contributed by atoms with van der Waals surface area (Å²) < 4.78 is 29.5. The monoisotopic (exact) mass is 1370 g/mol. The van der Waals surface area contributed by atoms with E-state index in [1.54, 1.807) is 0 Å². The average Bonchev–Trinajstić information content (AvgIpc) is 1.06. The van der Waals surface area contributed by atoms with E-state index in [0.29, 0.717) is 77.0 Å². The zero-order chi connectivity index (χ0) is 67.4. The fourth-order valence-corrected chi connectivity index (χ4v) is 21.7. The van der Waals surface area contributed by atoms with Crippen molar-refractivity contribution in [1.29, 1.82) is 0 Å². The van der Waals surface area contributed by atoms with Crippen molar-refractivity contribution in [2.75, 3.05) is 0 Å². The van der Waals surface area contributed by atoms with E-state index < -0.39 is 65.6 Å². The Hall–Kier alpha value is -1.32. The van der Waals surface area contributed by atoms with Gasteiger partial charge in [-0.3, -0.25) is 0 Å². The Balaban J connectivity index is 9.18. The van der Waals surface area contributed by atoms with Crippen LogP contribution < -0.4 is 0 Å². The Kier molecular flexibility index (Phi) is 49.4. The van der Waals surface area contributed by atoms with E-state index >= 15 is 19.2 Å². The molecule has 8 nitrogen and oxygen atoms in total. The third-order valence-electron chi connectivity index (χ3n) is 19.0. The van der Waals surface area contributed by atoms with Crippen molar-refractivity contribution >= 4 is 43.9 Å². The molecule has 0 fully saturated rings.